The van der Waals surface area contributed by atoms with Gasteiger partial charge in [-0.15, -0.1) is 0 Å². The van der Waals surface area contributed by atoms with E-state index in [1.54, 1.807) is 45.0 Å². The number of hydrogen-bond acceptors (Lipinski definition) is 4. The zero-order valence-electron chi connectivity index (χ0n) is 15.9. The number of benzene rings is 2. The lowest BCUT2D eigenvalue weighted by atomic mass is 9.84. The first-order valence-corrected chi connectivity index (χ1v) is 8.60. The molecule has 2 aromatic carbocycles. The first kappa shape index (κ1) is 20.5. The van der Waals surface area contributed by atoms with Gasteiger partial charge in [-0.2, -0.15) is 0 Å². The molecule has 0 unspecified atom stereocenters. The van der Waals surface area contributed by atoms with E-state index in [2.05, 4.69) is 0 Å². The van der Waals surface area contributed by atoms with E-state index in [-0.39, 0.29) is 0 Å². The standard InChI is InChI=1S/C21H25NO5/c1-21(2,3)18(23)17(19(24)25)22(20(26)27-4)16-12-10-15(11-13-16)14-8-6-5-7-9-14/h5-13,17-18,23H,1-4H3,(H,24,25)/t17-,18-/m0/s1. The second-order valence-corrected chi connectivity index (χ2v) is 7.35. The Morgan fingerprint density at radius 2 is 1.48 bits per heavy atom. The summed E-state index contributed by atoms with van der Waals surface area (Å²) in [7, 11) is 1.18. The van der Waals surface area contributed by atoms with Crippen molar-refractivity contribution in [3.05, 3.63) is 54.6 Å². The maximum Gasteiger partial charge on any atom is 0.414 e. The number of methoxy groups -OCH3 is 1. The first-order valence-electron chi connectivity index (χ1n) is 8.60. The van der Waals surface area contributed by atoms with E-state index in [1.807, 2.05) is 30.3 Å². The second kappa shape index (κ2) is 8.22. The van der Waals surface area contributed by atoms with E-state index >= 15 is 0 Å². The van der Waals surface area contributed by atoms with Crippen LogP contribution in [0.1, 0.15) is 20.8 Å². The highest BCUT2D eigenvalue weighted by atomic mass is 16.5. The van der Waals surface area contributed by atoms with Crippen molar-refractivity contribution in [3.63, 3.8) is 0 Å². The van der Waals surface area contributed by atoms with E-state index in [0.29, 0.717) is 5.69 Å². The average Bonchev–Trinajstić information content (AvgIpc) is 2.64. The van der Waals surface area contributed by atoms with Crippen LogP contribution < -0.4 is 4.90 Å². The van der Waals surface area contributed by atoms with Crippen molar-refractivity contribution < 1.29 is 24.5 Å². The summed E-state index contributed by atoms with van der Waals surface area (Å²) < 4.78 is 4.79. The van der Waals surface area contributed by atoms with Gasteiger partial charge in [0.1, 0.15) is 0 Å². The van der Waals surface area contributed by atoms with Crippen LogP contribution in [0.25, 0.3) is 11.1 Å². The summed E-state index contributed by atoms with van der Waals surface area (Å²) >= 11 is 0. The number of anilines is 1. The number of nitrogens with zero attached hydrogens (tertiary/aromatic N) is 1. The van der Waals surface area contributed by atoms with Crippen LogP contribution in [0, 0.1) is 5.41 Å². The molecule has 2 rings (SSSR count). The fourth-order valence-corrected chi connectivity index (χ4v) is 2.78. The van der Waals surface area contributed by atoms with Gasteiger partial charge in [0.05, 0.1) is 13.2 Å². The minimum atomic E-state index is -1.49. The number of carbonyl (C=O) groups is 2. The topological polar surface area (TPSA) is 87.1 Å². The minimum absolute atomic E-state index is 0.331. The summed E-state index contributed by atoms with van der Waals surface area (Å²) in [5.41, 5.74) is 1.50. The van der Waals surface area contributed by atoms with Gasteiger partial charge in [-0.1, -0.05) is 63.2 Å². The number of ether oxygens (including phenoxy) is 1. The molecule has 0 aliphatic carbocycles. The van der Waals surface area contributed by atoms with Gasteiger partial charge in [0.2, 0.25) is 0 Å². The minimum Gasteiger partial charge on any atom is -0.480 e. The zero-order valence-corrected chi connectivity index (χ0v) is 15.9. The molecule has 2 N–H and O–H groups in total. The fraction of sp³-hybridized carbons (Fsp3) is 0.333. The first-order chi connectivity index (χ1) is 12.7. The summed E-state index contributed by atoms with van der Waals surface area (Å²) in [6.45, 7) is 5.13. The average molecular weight is 371 g/mol. The molecule has 0 fully saturated rings. The van der Waals surface area contributed by atoms with Crippen molar-refractivity contribution in [1.29, 1.82) is 0 Å². The van der Waals surface area contributed by atoms with Crippen LogP contribution >= 0.6 is 0 Å². The lowest BCUT2D eigenvalue weighted by Crippen LogP contribution is -2.56. The number of hydrogen-bond donors (Lipinski definition) is 2. The monoisotopic (exact) mass is 371 g/mol. The van der Waals surface area contributed by atoms with Gasteiger partial charge in [-0.05, 0) is 28.7 Å². The molecule has 6 nitrogen and oxygen atoms in total. The Morgan fingerprint density at radius 1 is 0.963 bits per heavy atom. The molecule has 0 aromatic heterocycles. The number of aliphatic hydroxyl groups is 1. The Balaban J connectivity index is 2.46. The third-order valence-electron chi connectivity index (χ3n) is 4.34. The molecule has 0 aliphatic heterocycles. The van der Waals surface area contributed by atoms with Crippen LogP contribution in [0.4, 0.5) is 10.5 Å². The van der Waals surface area contributed by atoms with Gasteiger partial charge >= 0.3 is 12.1 Å². The molecule has 1 amide bonds. The number of amides is 1. The maximum absolute atomic E-state index is 12.4. The number of carboxylic acid groups (broad SMARTS) is 1. The van der Waals surface area contributed by atoms with Gasteiger partial charge in [-0.3, -0.25) is 4.90 Å². The molecule has 0 heterocycles. The van der Waals surface area contributed by atoms with Crippen molar-refractivity contribution in [2.45, 2.75) is 32.9 Å². The van der Waals surface area contributed by atoms with E-state index in [1.165, 1.54) is 7.11 Å². The summed E-state index contributed by atoms with van der Waals surface area (Å²) in [5, 5.41) is 20.3. The van der Waals surface area contributed by atoms with Gasteiger partial charge in [0.25, 0.3) is 0 Å². The molecule has 144 valence electrons. The predicted molar refractivity (Wildman–Crippen MR) is 104 cm³/mol. The summed E-state index contributed by atoms with van der Waals surface area (Å²) in [6.07, 6.45) is -2.15. The highest BCUT2D eigenvalue weighted by molar-refractivity contribution is 5.95. The number of carboxylic acids is 1. The molecule has 2 aromatic rings. The van der Waals surface area contributed by atoms with Crippen molar-refractivity contribution >= 4 is 17.7 Å². The molecular weight excluding hydrogens is 346 g/mol. The van der Waals surface area contributed by atoms with Gasteiger partial charge in [0, 0.05) is 5.69 Å². The molecule has 0 spiro atoms. The third-order valence-corrected chi connectivity index (χ3v) is 4.34. The van der Waals surface area contributed by atoms with Crippen molar-refractivity contribution in [1.82, 2.24) is 0 Å². The van der Waals surface area contributed by atoms with E-state index in [4.69, 9.17) is 4.74 Å². The summed E-state index contributed by atoms with van der Waals surface area (Å²) in [6, 6.07) is 15.1. The lowest BCUT2D eigenvalue weighted by Gasteiger charge is -2.36. The fourth-order valence-electron chi connectivity index (χ4n) is 2.78. The van der Waals surface area contributed by atoms with E-state index < -0.39 is 29.6 Å². The van der Waals surface area contributed by atoms with Crippen LogP contribution in [0.15, 0.2) is 54.6 Å². The molecule has 6 heteroatoms. The molecule has 2 atom stereocenters. The predicted octanol–water partition coefficient (Wildman–Crippen LogP) is 3.79. The number of carbonyl (C=O) groups excluding carboxylic acids is 1. The zero-order chi connectivity index (χ0) is 20.2. The van der Waals surface area contributed by atoms with Crippen LogP contribution in [0.3, 0.4) is 0 Å². The molecule has 0 saturated carbocycles. The highest BCUT2D eigenvalue weighted by Crippen LogP contribution is 2.30. The Bertz CT molecular complexity index is 780. The van der Waals surface area contributed by atoms with Crippen molar-refractivity contribution in [3.8, 4) is 11.1 Å². The van der Waals surface area contributed by atoms with Gasteiger partial charge in [-0.25, -0.2) is 9.59 Å². The van der Waals surface area contributed by atoms with Crippen molar-refractivity contribution in [2.24, 2.45) is 5.41 Å². The smallest absolute Gasteiger partial charge is 0.414 e. The van der Waals surface area contributed by atoms with Crippen LogP contribution in [0.2, 0.25) is 0 Å². The molecular formula is C21H25NO5. The Labute approximate surface area is 159 Å². The second-order valence-electron chi connectivity index (χ2n) is 7.35. The van der Waals surface area contributed by atoms with Gasteiger partial charge < -0.3 is 14.9 Å². The van der Waals surface area contributed by atoms with Crippen LogP contribution in [-0.4, -0.2) is 41.5 Å². The third kappa shape index (κ3) is 4.65. The molecule has 27 heavy (non-hydrogen) atoms. The van der Waals surface area contributed by atoms with Gasteiger partial charge in [0.15, 0.2) is 6.04 Å². The molecule has 0 saturated heterocycles. The normalized spacial score (nSPS) is 13.5. The SMILES string of the molecule is COC(=O)N(c1ccc(-c2ccccc2)cc1)[C@H](C(=O)O)[C@H](O)C(C)(C)C. The van der Waals surface area contributed by atoms with Crippen LogP contribution in [0.5, 0.6) is 0 Å². The maximum atomic E-state index is 12.4. The Kier molecular flexibility index (Phi) is 6.23. The van der Waals surface area contributed by atoms with E-state index in [0.717, 1.165) is 16.0 Å². The highest BCUT2D eigenvalue weighted by Gasteiger charge is 2.42. The Hall–Kier alpha value is -2.86. The molecule has 0 bridgehead atoms. The quantitative estimate of drug-likeness (QED) is 0.835. The lowest BCUT2D eigenvalue weighted by molar-refractivity contribution is -0.143. The van der Waals surface area contributed by atoms with Crippen LogP contribution in [-0.2, 0) is 9.53 Å². The number of aliphatic hydroxyl groups excluding tert-OH is 1. The Morgan fingerprint density at radius 3 is 1.93 bits per heavy atom. The molecule has 0 radical (unpaired) electrons. The van der Waals surface area contributed by atoms with E-state index in [9.17, 15) is 19.8 Å². The summed E-state index contributed by atoms with van der Waals surface area (Å²) in [5.74, 6) is -1.31. The van der Waals surface area contributed by atoms with Crippen molar-refractivity contribution in [2.75, 3.05) is 12.0 Å². The number of rotatable bonds is 5. The largest absolute Gasteiger partial charge is 0.480 e. The number of aliphatic carboxylic acids is 1. The summed E-state index contributed by atoms with van der Waals surface area (Å²) in [4.78, 5) is 25.3. The molecule has 0 aliphatic rings.